The maximum absolute atomic E-state index is 11.6. The van der Waals surface area contributed by atoms with Crippen LogP contribution in [0.15, 0.2) is 29.6 Å². The zero-order valence-corrected chi connectivity index (χ0v) is 12.8. The number of aryl methyl sites for hydroxylation is 2. The van der Waals surface area contributed by atoms with Crippen molar-refractivity contribution in [1.29, 1.82) is 0 Å². The fraction of sp³-hybridized carbons (Fsp3) is 0.250. The molecule has 0 fully saturated rings. The van der Waals surface area contributed by atoms with E-state index in [1.807, 2.05) is 24.4 Å². The molecule has 3 rings (SSSR count). The van der Waals surface area contributed by atoms with E-state index < -0.39 is 5.97 Å². The van der Waals surface area contributed by atoms with Crippen molar-refractivity contribution in [2.75, 3.05) is 0 Å². The van der Waals surface area contributed by atoms with Crippen molar-refractivity contribution in [3.8, 4) is 11.3 Å². The van der Waals surface area contributed by atoms with E-state index in [9.17, 15) is 9.90 Å². The summed E-state index contributed by atoms with van der Waals surface area (Å²) in [5.74, 6) is -0.927. The Kier molecular flexibility index (Phi) is 3.51. The summed E-state index contributed by atoms with van der Waals surface area (Å²) in [6, 6.07) is 8.24. The van der Waals surface area contributed by atoms with Gasteiger partial charge in [-0.3, -0.25) is 4.40 Å². The molecule has 0 saturated carbocycles. The quantitative estimate of drug-likeness (QED) is 0.795. The van der Waals surface area contributed by atoms with Gasteiger partial charge in [0, 0.05) is 5.38 Å². The van der Waals surface area contributed by atoms with Crippen molar-refractivity contribution in [2.24, 2.45) is 0 Å². The summed E-state index contributed by atoms with van der Waals surface area (Å²) in [5, 5.41) is 11.5. The maximum Gasteiger partial charge on any atom is 0.354 e. The molecule has 0 bridgehead atoms. The molecule has 0 spiro atoms. The van der Waals surface area contributed by atoms with Gasteiger partial charge in [0.25, 0.3) is 0 Å². The summed E-state index contributed by atoms with van der Waals surface area (Å²) in [6.45, 7) is 4.04. The first-order valence-electron chi connectivity index (χ1n) is 6.97. The highest BCUT2D eigenvalue weighted by atomic mass is 32.1. The number of benzene rings is 1. The minimum Gasteiger partial charge on any atom is -0.477 e. The van der Waals surface area contributed by atoms with Crippen molar-refractivity contribution in [1.82, 2.24) is 9.38 Å². The number of aromatic nitrogens is 2. The number of hydrogen-bond donors (Lipinski definition) is 1. The van der Waals surface area contributed by atoms with Crippen LogP contribution < -0.4 is 0 Å². The van der Waals surface area contributed by atoms with Crippen molar-refractivity contribution >= 4 is 22.3 Å². The van der Waals surface area contributed by atoms with Gasteiger partial charge in [-0.05, 0) is 24.0 Å². The first kappa shape index (κ1) is 13.8. The van der Waals surface area contributed by atoms with Crippen LogP contribution in [0.1, 0.15) is 35.6 Å². The lowest BCUT2D eigenvalue weighted by Crippen LogP contribution is -2.05. The second-order valence-electron chi connectivity index (χ2n) is 4.86. The molecule has 2 heterocycles. The molecule has 21 heavy (non-hydrogen) atoms. The maximum atomic E-state index is 11.6. The summed E-state index contributed by atoms with van der Waals surface area (Å²) in [6.07, 6.45) is 1.61. The van der Waals surface area contributed by atoms with Gasteiger partial charge in [-0.25, -0.2) is 9.78 Å². The van der Waals surface area contributed by atoms with Gasteiger partial charge in [-0.15, -0.1) is 11.3 Å². The van der Waals surface area contributed by atoms with E-state index in [0.717, 1.165) is 22.6 Å². The van der Waals surface area contributed by atoms with Gasteiger partial charge in [0.1, 0.15) is 0 Å². The summed E-state index contributed by atoms with van der Waals surface area (Å²) in [5.41, 5.74) is 4.09. The van der Waals surface area contributed by atoms with Crippen LogP contribution >= 0.6 is 11.3 Å². The smallest absolute Gasteiger partial charge is 0.354 e. The summed E-state index contributed by atoms with van der Waals surface area (Å²) < 4.78 is 1.76. The number of rotatable bonds is 4. The van der Waals surface area contributed by atoms with Crippen LogP contribution in [0, 0.1) is 0 Å². The summed E-state index contributed by atoms with van der Waals surface area (Å²) in [4.78, 5) is 16.7. The Bertz CT molecular complexity index is 800. The molecule has 0 aliphatic heterocycles. The van der Waals surface area contributed by atoms with Crippen LogP contribution in [0.2, 0.25) is 0 Å². The molecule has 0 amide bonds. The Hall–Kier alpha value is -2.14. The molecule has 0 aliphatic carbocycles. The third-order valence-electron chi connectivity index (χ3n) is 3.63. The molecule has 1 N–H and O–H groups in total. The van der Waals surface area contributed by atoms with Crippen LogP contribution in [0.25, 0.3) is 16.2 Å². The molecule has 1 aromatic carbocycles. The van der Waals surface area contributed by atoms with Crippen LogP contribution in [0.3, 0.4) is 0 Å². The first-order valence-corrected chi connectivity index (χ1v) is 7.85. The summed E-state index contributed by atoms with van der Waals surface area (Å²) >= 11 is 1.48. The molecule has 0 radical (unpaired) electrons. The van der Waals surface area contributed by atoms with Gasteiger partial charge in [0.2, 0.25) is 0 Å². The third-order valence-corrected chi connectivity index (χ3v) is 4.46. The van der Waals surface area contributed by atoms with Gasteiger partial charge >= 0.3 is 5.97 Å². The normalized spacial score (nSPS) is 11.1. The van der Waals surface area contributed by atoms with Crippen LogP contribution in [0.4, 0.5) is 0 Å². The van der Waals surface area contributed by atoms with Crippen molar-refractivity contribution in [3.63, 3.8) is 0 Å². The largest absolute Gasteiger partial charge is 0.477 e. The molecule has 5 heteroatoms. The van der Waals surface area contributed by atoms with E-state index in [-0.39, 0.29) is 5.69 Å². The Morgan fingerprint density at radius 2 is 1.95 bits per heavy atom. The lowest BCUT2D eigenvalue weighted by Gasteiger charge is -2.04. The molecule has 4 nitrogen and oxygen atoms in total. The Labute approximate surface area is 126 Å². The van der Waals surface area contributed by atoms with Gasteiger partial charge in [-0.2, -0.15) is 0 Å². The van der Waals surface area contributed by atoms with Crippen LogP contribution in [-0.2, 0) is 12.8 Å². The molecule has 0 aliphatic rings. The van der Waals surface area contributed by atoms with Gasteiger partial charge in [-0.1, -0.05) is 38.1 Å². The number of thiazole rings is 1. The minimum absolute atomic E-state index is 0.281. The van der Waals surface area contributed by atoms with Gasteiger partial charge in [0.05, 0.1) is 11.4 Å². The number of carboxylic acid groups (broad SMARTS) is 1. The molecule has 3 aromatic rings. The molecule has 0 atom stereocenters. The summed E-state index contributed by atoms with van der Waals surface area (Å²) in [7, 11) is 0. The molecule has 108 valence electrons. The minimum atomic E-state index is -0.927. The average Bonchev–Trinajstić information content (AvgIpc) is 3.05. The van der Waals surface area contributed by atoms with Crippen molar-refractivity contribution in [3.05, 3.63) is 46.6 Å². The molecular weight excluding hydrogens is 284 g/mol. The van der Waals surface area contributed by atoms with Gasteiger partial charge in [0.15, 0.2) is 10.7 Å². The molecule has 0 unspecified atom stereocenters. The number of carboxylic acids is 1. The Morgan fingerprint density at radius 1 is 1.24 bits per heavy atom. The zero-order chi connectivity index (χ0) is 15.0. The predicted octanol–water partition coefficient (Wildman–Crippen LogP) is 3.89. The second kappa shape index (κ2) is 5.33. The highest BCUT2D eigenvalue weighted by Crippen LogP contribution is 2.29. The van der Waals surface area contributed by atoms with E-state index in [0.29, 0.717) is 12.1 Å². The van der Waals surface area contributed by atoms with Crippen molar-refractivity contribution < 1.29 is 9.90 Å². The van der Waals surface area contributed by atoms with Crippen LogP contribution in [-0.4, -0.2) is 20.5 Å². The topological polar surface area (TPSA) is 54.6 Å². The fourth-order valence-corrected chi connectivity index (χ4v) is 3.40. The Morgan fingerprint density at radius 3 is 2.52 bits per heavy atom. The Balaban J connectivity index is 2.22. The SMILES string of the molecule is CCc1ccc(-c2csc3nc(CC)c(C(=O)O)n23)cc1. The average molecular weight is 300 g/mol. The molecule has 0 saturated heterocycles. The lowest BCUT2D eigenvalue weighted by molar-refractivity contribution is 0.0688. The van der Waals surface area contributed by atoms with Gasteiger partial charge < -0.3 is 5.11 Å². The van der Waals surface area contributed by atoms with E-state index in [2.05, 4.69) is 24.0 Å². The van der Waals surface area contributed by atoms with E-state index >= 15 is 0 Å². The second-order valence-corrected chi connectivity index (χ2v) is 5.69. The number of hydrogen-bond acceptors (Lipinski definition) is 3. The highest BCUT2D eigenvalue weighted by molar-refractivity contribution is 7.15. The highest BCUT2D eigenvalue weighted by Gasteiger charge is 2.21. The molecular formula is C16H16N2O2S. The third kappa shape index (κ3) is 2.23. The predicted molar refractivity (Wildman–Crippen MR) is 84.2 cm³/mol. The first-order chi connectivity index (χ1) is 10.2. The molecule has 2 aromatic heterocycles. The van der Waals surface area contributed by atoms with E-state index in [4.69, 9.17) is 0 Å². The number of imidazole rings is 1. The monoisotopic (exact) mass is 300 g/mol. The number of carbonyl (C=O) groups is 1. The number of fused-ring (bicyclic) bond motifs is 1. The van der Waals surface area contributed by atoms with E-state index in [1.54, 1.807) is 4.40 Å². The van der Waals surface area contributed by atoms with E-state index in [1.165, 1.54) is 16.9 Å². The fourth-order valence-electron chi connectivity index (χ4n) is 2.48. The standard InChI is InChI=1S/C16H16N2O2S/c1-3-10-5-7-11(8-6-10)13-9-21-16-17-12(4-2)14(15(19)20)18(13)16/h5-9H,3-4H2,1-2H3,(H,19,20). The zero-order valence-electron chi connectivity index (χ0n) is 12.0. The van der Waals surface area contributed by atoms with Crippen LogP contribution in [0.5, 0.6) is 0 Å². The number of aromatic carboxylic acids is 1. The number of nitrogens with zero attached hydrogens (tertiary/aromatic N) is 2. The van der Waals surface area contributed by atoms with Crippen molar-refractivity contribution in [2.45, 2.75) is 26.7 Å². The lowest BCUT2D eigenvalue weighted by atomic mass is 10.1.